The molecule has 234 valence electrons. The van der Waals surface area contributed by atoms with Crippen LogP contribution in [-0.2, 0) is 0 Å². The molecule has 0 amide bonds. The molecular formula is C45H28N4O. The van der Waals surface area contributed by atoms with Gasteiger partial charge in [0, 0.05) is 49.5 Å². The molecule has 0 N–H and O–H groups in total. The SMILES string of the molecule is c1ccc(-c2nc(-c3ccccc3)nc(-c3cc(-c4cccc5c6ccccc6n(-c6ccccc6)c45)c4c(c3)oc3ccccc34)n2)cc1. The maximum atomic E-state index is 6.61. The van der Waals surface area contributed by atoms with Crippen LogP contribution >= 0.6 is 0 Å². The Labute approximate surface area is 287 Å². The topological polar surface area (TPSA) is 56.7 Å². The number of hydrogen-bond donors (Lipinski definition) is 0. The van der Waals surface area contributed by atoms with Gasteiger partial charge in [-0.15, -0.1) is 0 Å². The quantitative estimate of drug-likeness (QED) is 0.188. The summed E-state index contributed by atoms with van der Waals surface area (Å²) >= 11 is 0. The number of furan rings is 1. The summed E-state index contributed by atoms with van der Waals surface area (Å²) in [5.74, 6) is 1.82. The average Bonchev–Trinajstić information content (AvgIpc) is 3.74. The third-order valence-corrected chi connectivity index (χ3v) is 9.44. The molecule has 0 saturated heterocycles. The number of fused-ring (bicyclic) bond motifs is 6. The molecule has 0 spiro atoms. The average molecular weight is 641 g/mol. The molecule has 3 aromatic heterocycles. The largest absolute Gasteiger partial charge is 0.456 e. The Kier molecular flexibility index (Phi) is 6.42. The Bertz CT molecular complexity index is 2800. The van der Waals surface area contributed by atoms with Crippen LogP contribution in [0.25, 0.3) is 94.7 Å². The summed E-state index contributed by atoms with van der Waals surface area (Å²) in [5, 5.41) is 4.51. The highest BCUT2D eigenvalue weighted by molar-refractivity contribution is 6.19. The standard InChI is InChI=1S/C45H28N4O/c1-4-15-29(16-5-1)43-46-44(30-17-6-2-7-18-30)48-45(47-43)31-27-37(41-36-22-11-13-26-39(36)50-40(41)28-31)35-24-14-23-34-33-21-10-12-25-38(33)49(42(34)35)32-19-8-3-9-20-32/h1-28H. The molecule has 0 bridgehead atoms. The van der Waals surface area contributed by atoms with E-state index in [0.29, 0.717) is 17.5 Å². The molecular weight excluding hydrogens is 613 g/mol. The molecule has 10 aromatic rings. The number of para-hydroxylation sites is 4. The number of benzene rings is 7. The van der Waals surface area contributed by atoms with Crippen LogP contribution in [0.3, 0.4) is 0 Å². The number of rotatable bonds is 5. The van der Waals surface area contributed by atoms with E-state index in [1.54, 1.807) is 0 Å². The van der Waals surface area contributed by atoms with Crippen molar-refractivity contribution in [1.82, 2.24) is 19.5 Å². The van der Waals surface area contributed by atoms with E-state index < -0.39 is 0 Å². The van der Waals surface area contributed by atoms with Gasteiger partial charge in [0.25, 0.3) is 0 Å². The van der Waals surface area contributed by atoms with Crippen molar-refractivity contribution in [1.29, 1.82) is 0 Å². The molecule has 0 atom stereocenters. The third-order valence-electron chi connectivity index (χ3n) is 9.44. The number of hydrogen-bond acceptors (Lipinski definition) is 4. The molecule has 0 radical (unpaired) electrons. The third kappa shape index (κ3) is 4.52. The second-order valence-corrected chi connectivity index (χ2v) is 12.4. The molecule has 5 nitrogen and oxygen atoms in total. The summed E-state index contributed by atoms with van der Waals surface area (Å²) in [6.07, 6.45) is 0. The number of aromatic nitrogens is 4. The van der Waals surface area contributed by atoms with Crippen LogP contribution < -0.4 is 0 Å². The summed E-state index contributed by atoms with van der Waals surface area (Å²) in [6.45, 7) is 0. The predicted molar refractivity (Wildman–Crippen MR) is 203 cm³/mol. The summed E-state index contributed by atoms with van der Waals surface area (Å²) in [7, 11) is 0. The van der Waals surface area contributed by atoms with Gasteiger partial charge in [-0.25, -0.2) is 15.0 Å². The van der Waals surface area contributed by atoms with E-state index in [1.165, 1.54) is 10.8 Å². The lowest BCUT2D eigenvalue weighted by molar-refractivity contribution is 0.669. The van der Waals surface area contributed by atoms with E-state index in [1.807, 2.05) is 72.8 Å². The molecule has 0 fully saturated rings. The number of nitrogens with zero attached hydrogens (tertiary/aromatic N) is 4. The van der Waals surface area contributed by atoms with Gasteiger partial charge in [-0.3, -0.25) is 0 Å². The van der Waals surface area contributed by atoms with Crippen LogP contribution in [0.1, 0.15) is 0 Å². The van der Waals surface area contributed by atoms with Crippen molar-refractivity contribution in [2.45, 2.75) is 0 Å². The van der Waals surface area contributed by atoms with E-state index in [-0.39, 0.29) is 0 Å². The summed E-state index contributed by atoms with van der Waals surface area (Å²) < 4.78 is 8.99. The predicted octanol–water partition coefficient (Wildman–Crippen LogP) is 11.5. The lowest BCUT2D eigenvalue weighted by Gasteiger charge is -2.14. The Morgan fingerprint density at radius 2 is 0.960 bits per heavy atom. The zero-order valence-electron chi connectivity index (χ0n) is 26.9. The first-order chi connectivity index (χ1) is 24.8. The highest BCUT2D eigenvalue weighted by Crippen LogP contribution is 2.44. The minimum Gasteiger partial charge on any atom is -0.456 e. The van der Waals surface area contributed by atoms with Crippen molar-refractivity contribution < 1.29 is 4.42 Å². The molecule has 5 heteroatoms. The van der Waals surface area contributed by atoms with Crippen molar-refractivity contribution in [2.24, 2.45) is 0 Å². The van der Waals surface area contributed by atoms with Gasteiger partial charge in [-0.1, -0.05) is 133 Å². The fourth-order valence-electron chi connectivity index (χ4n) is 7.21. The highest BCUT2D eigenvalue weighted by Gasteiger charge is 2.22. The van der Waals surface area contributed by atoms with E-state index >= 15 is 0 Å². The fourth-order valence-corrected chi connectivity index (χ4v) is 7.21. The van der Waals surface area contributed by atoms with Gasteiger partial charge in [0.15, 0.2) is 17.5 Å². The Hall–Kier alpha value is -6.85. The maximum absolute atomic E-state index is 6.61. The van der Waals surface area contributed by atoms with Gasteiger partial charge >= 0.3 is 0 Å². The van der Waals surface area contributed by atoms with Crippen LogP contribution in [0.2, 0.25) is 0 Å². The first-order valence-corrected chi connectivity index (χ1v) is 16.7. The Balaban J connectivity index is 1.31. The summed E-state index contributed by atoms with van der Waals surface area (Å²) in [6, 6.07) is 58.5. The van der Waals surface area contributed by atoms with Gasteiger partial charge in [0.1, 0.15) is 11.2 Å². The molecule has 50 heavy (non-hydrogen) atoms. The van der Waals surface area contributed by atoms with E-state index in [9.17, 15) is 0 Å². The zero-order chi connectivity index (χ0) is 33.0. The van der Waals surface area contributed by atoms with Gasteiger partial charge < -0.3 is 8.98 Å². The minimum atomic E-state index is 0.581. The van der Waals surface area contributed by atoms with Crippen LogP contribution in [-0.4, -0.2) is 19.5 Å². The lowest BCUT2D eigenvalue weighted by Crippen LogP contribution is -2.00. The van der Waals surface area contributed by atoms with Crippen LogP contribution in [0.4, 0.5) is 0 Å². The first kappa shape index (κ1) is 28.2. The second kappa shape index (κ2) is 11.4. The molecule has 0 aliphatic carbocycles. The monoisotopic (exact) mass is 640 g/mol. The smallest absolute Gasteiger partial charge is 0.164 e. The van der Waals surface area contributed by atoms with Crippen molar-refractivity contribution in [3.8, 4) is 51.0 Å². The molecule has 0 aliphatic rings. The molecule has 0 unspecified atom stereocenters. The van der Waals surface area contributed by atoms with Gasteiger partial charge in [0.05, 0.1) is 11.0 Å². The molecule has 7 aromatic carbocycles. The van der Waals surface area contributed by atoms with Gasteiger partial charge in [-0.05, 0) is 42.0 Å². The maximum Gasteiger partial charge on any atom is 0.164 e. The summed E-state index contributed by atoms with van der Waals surface area (Å²) in [5.41, 5.74) is 9.86. The van der Waals surface area contributed by atoms with E-state index in [4.69, 9.17) is 19.4 Å². The normalized spacial score (nSPS) is 11.6. The van der Waals surface area contributed by atoms with Crippen LogP contribution in [0.15, 0.2) is 174 Å². The highest BCUT2D eigenvalue weighted by atomic mass is 16.3. The molecule has 10 rings (SSSR count). The van der Waals surface area contributed by atoms with Gasteiger partial charge in [-0.2, -0.15) is 0 Å². The Morgan fingerprint density at radius 1 is 0.400 bits per heavy atom. The summed E-state index contributed by atoms with van der Waals surface area (Å²) in [4.78, 5) is 15.1. The van der Waals surface area contributed by atoms with Crippen molar-refractivity contribution >= 4 is 43.7 Å². The zero-order valence-corrected chi connectivity index (χ0v) is 26.9. The van der Waals surface area contributed by atoms with Crippen LogP contribution in [0, 0.1) is 0 Å². The van der Waals surface area contributed by atoms with Crippen molar-refractivity contribution in [2.75, 3.05) is 0 Å². The van der Waals surface area contributed by atoms with Crippen LogP contribution in [0.5, 0.6) is 0 Å². The second-order valence-electron chi connectivity index (χ2n) is 12.4. The van der Waals surface area contributed by atoms with E-state index in [2.05, 4.69) is 102 Å². The van der Waals surface area contributed by atoms with E-state index in [0.717, 1.165) is 66.5 Å². The van der Waals surface area contributed by atoms with Crippen molar-refractivity contribution in [3.63, 3.8) is 0 Å². The minimum absolute atomic E-state index is 0.581. The Morgan fingerprint density at radius 3 is 1.66 bits per heavy atom. The first-order valence-electron chi connectivity index (χ1n) is 16.7. The molecule has 3 heterocycles. The molecule has 0 aliphatic heterocycles. The fraction of sp³-hybridized carbons (Fsp3) is 0. The lowest BCUT2D eigenvalue weighted by atomic mass is 9.95. The van der Waals surface area contributed by atoms with Gasteiger partial charge in [0.2, 0.25) is 0 Å². The molecule has 0 saturated carbocycles. The van der Waals surface area contributed by atoms with Crippen molar-refractivity contribution in [3.05, 3.63) is 170 Å².